The minimum absolute atomic E-state index is 0.137. The molecule has 202 valence electrons. The van der Waals surface area contributed by atoms with E-state index in [2.05, 4.69) is 36.1 Å². The third kappa shape index (κ3) is 10.8. The Labute approximate surface area is 212 Å². The topological polar surface area (TPSA) is 103 Å². The molecule has 0 amide bonds. The van der Waals surface area contributed by atoms with Crippen molar-refractivity contribution in [2.24, 2.45) is 21.6 Å². The van der Waals surface area contributed by atoms with Crippen molar-refractivity contribution in [3.8, 4) is 5.75 Å². The van der Waals surface area contributed by atoms with E-state index in [0.29, 0.717) is 30.0 Å². The van der Waals surface area contributed by atoms with Gasteiger partial charge in [-0.1, -0.05) is 40.5 Å². The Morgan fingerprint density at radius 1 is 1.22 bits per heavy atom. The third-order valence-corrected chi connectivity index (χ3v) is 5.21. The maximum atomic E-state index is 13.0. The number of unbranched alkanes of at least 4 members (excludes halogenated alkanes) is 1. The lowest BCUT2D eigenvalue weighted by Crippen LogP contribution is -2.33. The number of benzene rings is 1. The molecule has 1 atom stereocenters. The first kappa shape index (κ1) is 31.2. The van der Waals surface area contributed by atoms with E-state index in [-0.39, 0.29) is 24.0 Å². The summed E-state index contributed by atoms with van der Waals surface area (Å²) < 4.78 is 38.9. The zero-order valence-corrected chi connectivity index (χ0v) is 22.0. The highest BCUT2D eigenvalue weighted by Gasteiger charge is 2.31. The normalized spacial score (nSPS) is 15.3. The van der Waals surface area contributed by atoms with Gasteiger partial charge in [-0.25, -0.2) is 4.99 Å². The molecule has 1 aromatic carbocycles. The molecule has 0 aliphatic carbocycles. The minimum Gasteiger partial charge on any atom is -0.507 e. The van der Waals surface area contributed by atoms with E-state index in [1.165, 1.54) is 6.07 Å². The Balaban J connectivity index is 0.00000150. The summed E-state index contributed by atoms with van der Waals surface area (Å²) in [7, 11) is 0. The molecular formula is C27H41F3N4O2. The molecule has 2 rings (SSSR count). The highest BCUT2D eigenvalue weighted by Crippen LogP contribution is 2.33. The summed E-state index contributed by atoms with van der Waals surface area (Å²) in [5.74, 6) is 0.150. The molecular weight excluding hydrogens is 469 g/mol. The molecule has 0 aromatic heterocycles. The number of alkyl halides is 3. The molecule has 36 heavy (non-hydrogen) atoms. The van der Waals surface area contributed by atoms with Crippen LogP contribution in [0.25, 0.3) is 0 Å². The van der Waals surface area contributed by atoms with Gasteiger partial charge in [0.05, 0.1) is 29.1 Å². The Hall–Kier alpha value is -2.81. The van der Waals surface area contributed by atoms with Crippen molar-refractivity contribution in [1.29, 1.82) is 0 Å². The van der Waals surface area contributed by atoms with Crippen molar-refractivity contribution in [3.05, 3.63) is 52.9 Å². The maximum absolute atomic E-state index is 13.0. The standard InChI is InChI=1S/C24H33F3N4O.C3H8O/c1-5-6-7-18(12-15(2)3)30-20-10-11-29-23(31-21(20)13-16(4)28)19-9-8-17(14-22(19)32)24(25,26)27;1-2-3-4/h8-10,13-15,18,30,32H,5-7,11-12,28H2,1-4H3;4H,2-3H2,1H3/b16-13-;. The van der Waals surface area contributed by atoms with Crippen LogP contribution in [0.1, 0.15) is 77.8 Å². The van der Waals surface area contributed by atoms with E-state index in [0.717, 1.165) is 43.9 Å². The molecule has 0 fully saturated rings. The Morgan fingerprint density at radius 2 is 1.89 bits per heavy atom. The number of amidine groups is 1. The van der Waals surface area contributed by atoms with E-state index >= 15 is 0 Å². The van der Waals surface area contributed by atoms with Gasteiger partial charge < -0.3 is 21.3 Å². The number of hydrogen-bond acceptors (Lipinski definition) is 6. The van der Waals surface area contributed by atoms with Crippen molar-refractivity contribution in [2.45, 2.75) is 78.9 Å². The summed E-state index contributed by atoms with van der Waals surface area (Å²) >= 11 is 0. The number of aliphatic imine (C=N–C) groups is 2. The molecule has 0 radical (unpaired) electrons. The molecule has 0 saturated carbocycles. The van der Waals surface area contributed by atoms with Crippen molar-refractivity contribution < 1.29 is 23.4 Å². The highest BCUT2D eigenvalue weighted by molar-refractivity contribution is 6.17. The van der Waals surface area contributed by atoms with Crippen LogP contribution in [0.15, 0.2) is 51.7 Å². The summed E-state index contributed by atoms with van der Waals surface area (Å²) in [6, 6.07) is 3.05. The number of phenolic OH excluding ortho intramolecular Hbond substituents is 1. The van der Waals surface area contributed by atoms with Gasteiger partial charge in [-0.2, -0.15) is 13.2 Å². The van der Waals surface area contributed by atoms with Gasteiger partial charge in [0.1, 0.15) is 5.75 Å². The average molecular weight is 511 g/mol. The molecule has 1 aromatic rings. The third-order valence-electron chi connectivity index (χ3n) is 5.21. The van der Waals surface area contributed by atoms with Crippen LogP contribution in [-0.4, -0.2) is 41.0 Å². The van der Waals surface area contributed by atoms with Gasteiger partial charge in [0, 0.05) is 18.3 Å². The number of nitrogens with one attached hydrogen (secondary N) is 1. The lowest BCUT2D eigenvalue weighted by atomic mass is 9.98. The molecule has 5 N–H and O–H groups in total. The minimum atomic E-state index is -4.54. The molecule has 0 saturated heterocycles. The predicted octanol–water partition coefficient (Wildman–Crippen LogP) is 5.94. The molecule has 1 heterocycles. The van der Waals surface area contributed by atoms with E-state index in [9.17, 15) is 18.3 Å². The van der Waals surface area contributed by atoms with Gasteiger partial charge in [0.15, 0.2) is 5.84 Å². The van der Waals surface area contributed by atoms with E-state index in [4.69, 9.17) is 10.8 Å². The fraction of sp³-hybridized carbons (Fsp3) is 0.556. The van der Waals surface area contributed by atoms with Crippen LogP contribution in [-0.2, 0) is 6.18 Å². The number of phenols is 1. The number of nitrogens with zero attached hydrogens (tertiary/aromatic N) is 2. The van der Waals surface area contributed by atoms with E-state index < -0.39 is 17.5 Å². The monoisotopic (exact) mass is 510 g/mol. The van der Waals surface area contributed by atoms with Crippen molar-refractivity contribution in [3.63, 3.8) is 0 Å². The van der Waals surface area contributed by atoms with E-state index in [1.807, 2.05) is 13.0 Å². The summed E-state index contributed by atoms with van der Waals surface area (Å²) in [6.45, 7) is 10.8. The van der Waals surface area contributed by atoms with Gasteiger partial charge >= 0.3 is 6.18 Å². The highest BCUT2D eigenvalue weighted by atomic mass is 19.4. The molecule has 1 unspecified atom stereocenters. The van der Waals surface area contributed by atoms with Crippen LogP contribution < -0.4 is 11.1 Å². The molecule has 0 spiro atoms. The second kappa shape index (κ2) is 15.3. The lowest BCUT2D eigenvalue weighted by molar-refractivity contribution is -0.137. The van der Waals surface area contributed by atoms with Crippen molar-refractivity contribution in [1.82, 2.24) is 5.32 Å². The largest absolute Gasteiger partial charge is 0.507 e. The molecule has 9 heteroatoms. The van der Waals surface area contributed by atoms with Crippen LogP contribution in [0.4, 0.5) is 13.2 Å². The van der Waals surface area contributed by atoms with Crippen LogP contribution in [0.5, 0.6) is 5.75 Å². The van der Waals surface area contributed by atoms with Crippen LogP contribution in [0, 0.1) is 5.92 Å². The number of halogens is 3. The zero-order chi connectivity index (χ0) is 27.3. The fourth-order valence-corrected chi connectivity index (χ4v) is 3.53. The van der Waals surface area contributed by atoms with Crippen LogP contribution in [0.2, 0.25) is 0 Å². The Morgan fingerprint density at radius 3 is 2.39 bits per heavy atom. The maximum Gasteiger partial charge on any atom is 0.416 e. The summed E-state index contributed by atoms with van der Waals surface area (Å²) in [6.07, 6.45) is 4.12. The number of rotatable bonds is 10. The van der Waals surface area contributed by atoms with Crippen LogP contribution in [0.3, 0.4) is 0 Å². The molecule has 1 aliphatic rings. The summed E-state index contributed by atoms with van der Waals surface area (Å²) in [5.41, 5.74) is 6.97. The molecule has 6 nitrogen and oxygen atoms in total. The van der Waals surface area contributed by atoms with Gasteiger partial charge in [0.25, 0.3) is 0 Å². The summed E-state index contributed by atoms with van der Waals surface area (Å²) in [5, 5.41) is 21.7. The first-order valence-electron chi connectivity index (χ1n) is 12.5. The number of allylic oxidation sites excluding steroid dienone is 2. The first-order chi connectivity index (χ1) is 16.9. The smallest absolute Gasteiger partial charge is 0.416 e. The van der Waals surface area contributed by atoms with Gasteiger partial charge in [-0.15, -0.1) is 0 Å². The zero-order valence-electron chi connectivity index (χ0n) is 22.0. The van der Waals surface area contributed by atoms with Gasteiger partial charge in [-0.3, -0.25) is 4.99 Å². The van der Waals surface area contributed by atoms with Gasteiger partial charge in [-0.05, 0) is 62.5 Å². The first-order valence-corrected chi connectivity index (χ1v) is 12.5. The predicted molar refractivity (Wildman–Crippen MR) is 141 cm³/mol. The number of aliphatic hydroxyl groups excluding tert-OH is 1. The SMILES string of the molecule is CCCCC(CC(C)C)NC1=CCN=C(c2ccc(C(F)(F)F)cc2O)N=C1/C=C(/C)N.CCCO. The van der Waals surface area contributed by atoms with Crippen molar-refractivity contribution in [2.75, 3.05) is 13.2 Å². The van der Waals surface area contributed by atoms with Crippen molar-refractivity contribution >= 4 is 11.5 Å². The number of hydrogen-bond donors (Lipinski definition) is 4. The summed E-state index contributed by atoms with van der Waals surface area (Å²) in [4.78, 5) is 8.96. The quantitative estimate of drug-likeness (QED) is 0.313. The lowest BCUT2D eigenvalue weighted by Gasteiger charge is -2.23. The molecule has 0 bridgehead atoms. The van der Waals surface area contributed by atoms with E-state index in [1.54, 1.807) is 13.0 Å². The second-order valence-corrected chi connectivity index (χ2v) is 9.23. The fourth-order valence-electron chi connectivity index (χ4n) is 3.53. The number of nitrogens with two attached hydrogens (primary N) is 1. The van der Waals surface area contributed by atoms with Crippen LogP contribution >= 0.6 is 0 Å². The number of aliphatic hydroxyl groups is 1. The van der Waals surface area contributed by atoms with Gasteiger partial charge in [0.2, 0.25) is 0 Å². The Kier molecular flexibility index (Phi) is 13.3. The average Bonchev–Trinajstić information content (AvgIpc) is 2.98. The Bertz CT molecular complexity index is 945. The second-order valence-electron chi connectivity index (χ2n) is 9.23. The molecule has 1 aliphatic heterocycles. The number of aromatic hydroxyl groups is 1.